The van der Waals surface area contributed by atoms with Gasteiger partial charge in [0.2, 0.25) is 0 Å². The number of hydrogen-bond acceptors (Lipinski definition) is 4. The Labute approximate surface area is 131 Å². The van der Waals surface area contributed by atoms with Gasteiger partial charge in [0.25, 0.3) is 0 Å². The fourth-order valence-corrected chi connectivity index (χ4v) is 3.17. The lowest BCUT2D eigenvalue weighted by Crippen LogP contribution is -2.51. The summed E-state index contributed by atoms with van der Waals surface area (Å²) >= 11 is 0. The molecule has 6 nitrogen and oxygen atoms in total. The number of likely N-dealkylation sites (tertiary alicyclic amines) is 1. The maximum absolute atomic E-state index is 12.3. The molecule has 1 fully saturated rings. The van der Waals surface area contributed by atoms with Crippen molar-refractivity contribution in [1.82, 2.24) is 15.4 Å². The molecule has 0 bridgehead atoms. The summed E-state index contributed by atoms with van der Waals surface area (Å²) in [6.07, 6.45) is 3.49. The zero-order valence-corrected chi connectivity index (χ0v) is 14.0. The molecule has 1 aromatic heterocycles. The van der Waals surface area contributed by atoms with Crippen LogP contribution in [0.15, 0.2) is 4.52 Å². The minimum atomic E-state index is -0.857. The number of nitrogens with one attached hydrogen (secondary N) is 1. The Morgan fingerprint density at radius 3 is 2.82 bits per heavy atom. The van der Waals surface area contributed by atoms with Crippen LogP contribution in [0.1, 0.15) is 50.1 Å². The van der Waals surface area contributed by atoms with E-state index < -0.39 is 5.60 Å². The van der Waals surface area contributed by atoms with Crippen LogP contribution < -0.4 is 5.32 Å². The van der Waals surface area contributed by atoms with Crippen molar-refractivity contribution in [3.8, 4) is 0 Å². The second-order valence-corrected chi connectivity index (χ2v) is 6.64. The van der Waals surface area contributed by atoms with Crippen molar-refractivity contribution < 1.29 is 14.4 Å². The number of carbonyl (C=O) groups excluding carboxylic acids is 1. The number of carbonyl (C=O) groups is 1. The van der Waals surface area contributed by atoms with E-state index in [1.807, 2.05) is 13.8 Å². The van der Waals surface area contributed by atoms with Gasteiger partial charge in [-0.05, 0) is 53.4 Å². The highest BCUT2D eigenvalue weighted by Gasteiger charge is 2.38. The lowest BCUT2D eigenvalue weighted by molar-refractivity contribution is 0.00985. The van der Waals surface area contributed by atoms with E-state index in [0.29, 0.717) is 13.1 Å². The van der Waals surface area contributed by atoms with Crippen LogP contribution in [-0.4, -0.2) is 45.9 Å². The fraction of sp³-hybridized carbons (Fsp3) is 0.750. The van der Waals surface area contributed by atoms with Crippen molar-refractivity contribution in [1.29, 1.82) is 0 Å². The molecule has 2 rings (SSSR count). The Morgan fingerprint density at radius 1 is 1.50 bits per heavy atom. The van der Waals surface area contributed by atoms with E-state index in [0.717, 1.165) is 42.7 Å². The van der Waals surface area contributed by atoms with Gasteiger partial charge in [0.05, 0.1) is 17.3 Å². The number of urea groups is 1. The summed E-state index contributed by atoms with van der Waals surface area (Å²) in [5.74, 6) is 0.852. The SMILES string of the molecule is Cc1noc(C)c1CCCNC(=O)N1CCC[C@@H]1C(C)(C)O. The predicted octanol–water partition coefficient (Wildman–Crippen LogP) is 2.17. The smallest absolute Gasteiger partial charge is 0.317 e. The molecule has 2 heterocycles. The molecule has 1 aliphatic heterocycles. The lowest BCUT2D eigenvalue weighted by Gasteiger charge is -2.33. The molecule has 2 amide bonds. The number of aliphatic hydroxyl groups is 1. The first-order chi connectivity index (χ1) is 10.3. The second kappa shape index (κ2) is 6.69. The molecule has 6 heteroatoms. The van der Waals surface area contributed by atoms with Gasteiger partial charge in [-0.3, -0.25) is 0 Å². The van der Waals surface area contributed by atoms with Crippen molar-refractivity contribution in [2.24, 2.45) is 0 Å². The van der Waals surface area contributed by atoms with Crippen molar-refractivity contribution in [3.05, 3.63) is 17.0 Å². The third kappa shape index (κ3) is 3.80. The van der Waals surface area contributed by atoms with Gasteiger partial charge in [0, 0.05) is 18.7 Å². The summed E-state index contributed by atoms with van der Waals surface area (Å²) in [7, 11) is 0. The summed E-state index contributed by atoms with van der Waals surface area (Å²) in [5, 5.41) is 17.0. The van der Waals surface area contributed by atoms with Gasteiger partial charge in [-0.25, -0.2) is 4.79 Å². The number of aromatic nitrogens is 1. The van der Waals surface area contributed by atoms with Gasteiger partial charge in [-0.1, -0.05) is 5.16 Å². The summed E-state index contributed by atoms with van der Waals surface area (Å²) < 4.78 is 5.13. The molecular weight excluding hydrogens is 282 g/mol. The molecule has 0 spiro atoms. The van der Waals surface area contributed by atoms with Gasteiger partial charge in [-0.2, -0.15) is 0 Å². The molecule has 0 unspecified atom stereocenters. The first-order valence-electron chi connectivity index (χ1n) is 7.99. The number of amides is 2. The second-order valence-electron chi connectivity index (χ2n) is 6.64. The fourth-order valence-electron chi connectivity index (χ4n) is 3.17. The van der Waals surface area contributed by atoms with Crippen molar-refractivity contribution in [2.45, 2.75) is 65.0 Å². The molecular formula is C16H27N3O3. The van der Waals surface area contributed by atoms with E-state index in [1.165, 1.54) is 0 Å². The Balaban J connectivity index is 1.78. The van der Waals surface area contributed by atoms with Crippen molar-refractivity contribution >= 4 is 6.03 Å². The van der Waals surface area contributed by atoms with E-state index in [9.17, 15) is 9.90 Å². The monoisotopic (exact) mass is 309 g/mol. The third-order valence-corrected chi connectivity index (χ3v) is 4.39. The molecule has 0 aliphatic carbocycles. The number of hydrogen-bond donors (Lipinski definition) is 2. The van der Waals surface area contributed by atoms with Crippen LogP contribution in [0.4, 0.5) is 4.79 Å². The van der Waals surface area contributed by atoms with Gasteiger partial charge >= 0.3 is 6.03 Å². The van der Waals surface area contributed by atoms with Crippen LogP contribution in [0, 0.1) is 13.8 Å². The van der Waals surface area contributed by atoms with Crippen LogP contribution in [0.5, 0.6) is 0 Å². The van der Waals surface area contributed by atoms with E-state index in [2.05, 4.69) is 10.5 Å². The van der Waals surface area contributed by atoms with Crippen LogP contribution in [0.3, 0.4) is 0 Å². The molecule has 1 saturated heterocycles. The van der Waals surface area contributed by atoms with Gasteiger partial charge in [-0.15, -0.1) is 0 Å². The highest BCUT2D eigenvalue weighted by atomic mass is 16.5. The van der Waals surface area contributed by atoms with Crippen LogP contribution in [0.25, 0.3) is 0 Å². The number of nitrogens with zero attached hydrogens (tertiary/aromatic N) is 2. The van der Waals surface area contributed by atoms with Gasteiger partial charge in [0.15, 0.2) is 0 Å². The highest BCUT2D eigenvalue weighted by Crippen LogP contribution is 2.26. The quantitative estimate of drug-likeness (QED) is 0.817. The maximum atomic E-state index is 12.3. The third-order valence-electron chi connectivity index (χ3n) is 4.39. The lowest BCUT2D eigenvalue weighted by atomic mass is 9.97. The van der Waals surface area contributed by atoms with Crippen molar-refractivity contribution in [3.63, 3.8) is 0 Å². The Kier molecular flexibility index (Phi) is 5.11. The minimum Gasteiger partial charge on any atom is -0.388 e. The molecule has 0 radical (unpaired) electrons. The molecule has 1 aromatic rings. The Bertz CT molecular complexity index is 500. The van der Waals surface area contributed by atoms with E-state index in [-0.39, 0.29) is 12.1 Å². The maximum Gasteiger partial charge on any atom is 0.317 e. The van der Waals surface area contributed by atoms with E-state index >= 15 is 0 Å². The molecule has 22 heavy (non-hydrogen) atoms. The summed E-state index contributed by atoms with van der Waals surface area (Å²) in [5.41, 5.74) is 1.19. The summed E-state index contributed by atoms with van der Waals surface area (Å²) in [6, 6.07) is -0.182. The molecule has 2 N–H and O–H groups in total. The molecule has 0 aromatic carbocycles. The minimum absolute atomic E-state index is 0.0802. The zero-order chi connectivity index (χ0) is 16.3. The predicted molar refractivity (Wildman–Crippen MR) is 83.7 cm³/mol. The normalized spacial score (nSPS) is 18.8. The average molecular weight is 309 g/mol. The first-order valence-corrected chi connectivity index (χ1v) is 7.99. The summed E-state index contributed by atoms with van der Waals surface area (Å²) in [4.78, 5) is 14.0. The van der Waals surface area contributed by atoms with Crippen LogP contribution >= 0.6 is 0 Å². The van der Waals surface area contributed by atoms with E-state index in [1.54, 1.807) is 18.7 Å². The standard InChI is InChI=1S/C16H27N3O3/c1-11-13(12(2)22-18-11)7-5-9-17-15(20)19-10-6-8-14(19)16(3,4)21/h14,21H,5-10H2,1-4H3,(H,17,20)/t14-/m1/s1. The van der Waals surface area contributed by atoms with Gasteiger partial charge in [0.1, 0.15) is 5.76 Å². The largest absolute Gasteiger partial charge is 0.388 e. The molecule has 1 atom stereocenters. The van der Waals surface area contributed by atoms with Crippen LogP contribution in [0.2, 0.25) is 0 Å². The topological polar surface area (TPSA) is 78.6 Å². The van der Waals surface area contributed by atoms with Gasteiger partial charge < -0.3 is 19.8 Å². The number of aryl methyl sites for hydroxylation is 2. The first kappa shape index (κ1) is 16.8. The number of rotatable bonds is 5. The Morgan fingerprint density at radius 2 is 2.23 bits per heavy atom. The van der Waals surface area contributed by atoms with Crippen LogP contribution in [-0.2, 0) is 6.42 Å². The highest BCUT2D eigenvalue weighted by molar-refractivity contribution is 5.75. The molecule has 0 saturated carbocycles. The molecule has 124 valence electrons. The Hall–Kier alpha value is -1.56. The summed E-state index contributed by atoms with van der Waals surface area (Å²) in [6.45, 7) is 8.69. The molecule has 1 aliphatic rings. The zero-order valence-electron chi connectivity index (χ0n) is 14.0. The average Bonchev–Trinajstić information content (AvgIpc) is 3.03. The van der Waals surface area contributed by atoms with Crippen molar-refractivity contribution in [2.75, 3.05) is 13.1 Å². The van der Waals surface area contributed by atoms with E-state index in [4.69, 9.17) is 4.52 Å².